The highest BCUT2D eigenvalue weighted by molar-refractivity contribution is 7.09. The average molecular weight is 330 g/mol. The van der Waals surface area contributed by atoms with Gasteiger partial charge in [-0.25, -0.2) is 4.98 Å². The van der Waals surface area contributed by atoms with Crippen LogP contribution in [0.1, 0.15) is 36.0 Å². The van der Waals surface area contributed by atoms with E-state index in [1.165, 1.54) is 16.3 Å². The molecule has 1 unspecified atom stereocenters. The Hall–Kier alpha value is -1.23. The highest BCUT2D eigenvalue weighted by atomic mass is 32.1. The SMILES string of the molecule is CC(O)C1CCN(Cc2csc(CCc3ccccc3)n2)CC1. The lowest BCUT2D eigenvalue weighted by molar-refractivity contribution is 0.0692. The van der Waals surface area contributed by atoms with E-state index in [4.69, 9.17) is 4.98 Å². The number of thiazole rings is 1. The first-order chi connectivity index (χ1) is 11.2. The monoisotopic (exact) mass is 330 g/mol. The second kappa shape index (κ2) is 8.04. The molecule has 3 nitrogen and oxygen atoms in total. The quantitative estimate of drug-likeness (QED) is 0.880. The maximum absolute atomic E-state index is 9.68. The fraction of sp³-hybridized carbons (Fsp3) is 0.526. The van der Waals surface area contributed by atoms with Gasteiger partial charge in [-0.05, 0) is 50.8 Å². The van der Waals surface area contributed by atoms with Crippen molar-refractivity contribution in [2.24, 2.45) is 5.92 Å². The normalized spacial score (nSPS) is 18.2. The van der Waals surface area contributed by atoms with Gasteiger partial charge in [0.1, 0.15) is 0 Å². The molecule has 2 heterocycles. The summed E-state index contributed by atoms with van der Waals surface area (Å²) >= 11 is 1.79. The van der Waals surface area contributed by atoms with Gasteiger partial charge in [0.05, 0.1) is 16.8 Å². The molecule has 1 saturated heterocycles. The van der Waals surface area contributed by atoms with Crippen molar-refractivity contribution in [1.29, 1.82) is 0 Å². The van der Waals surface area contributed by atoms with Crippen LogP contribution in [0.4, 0.5) is 0 Å². The molecule has 1 fully saturated rings. The molecular formula is C19H26N2OS. The van der Waals surface area contributed by atoms with Gasteiger partial charge in [-0.2, -0.15) is 0 Å². The molecule has 4 heteroatoms. The Bertz CT molecular complexity index is 588. The van der Waals surface area contributed by atoms with E-state index in [1.807, 2.05) is 6.92 Å². The lowest BCUT2D eigenvalue weighted by Gasteiger charge is -2.32. The maximum atomic E-state index is 9.68. The topological polar surface area (TPSA) is 36.4 Å². The van der Waals surface area contributed by atoms with E-state index in [-0.39, 0.29) is 6.10 Å². The standard InChI is InChI=1S/C19H26N2OS/c1-15(22)17-9-11-21(12-10-17)13-18-14-23-19(20-18)8-7-16-5-3-2-4-6-16/h2-6,14-15,17,22H,7-13H2,1H3. The molecule has 1 aliphatic rings. The second-order valence-electron chi connectivity index (χ2n) is 6.57. The zero-order valence-corrected chi connectivity index (χ0v) is 14.6. The number of benzene rings is 1. The molecule has 1 atom stereocenters. The number of rotatable bonds is 6. The Labute approximate surface area is 143 Å². The molecule has 0 amide bonds. The first kappa shape index (κ1) is 16.6. The van der Waals surface area contributed by atoms with E-state index in [0.29, 0.717) is 5.92 Å². The van der Waals surface area contributed by atoms with Crippen molar-refractivity contribution in [1.82, 2.24) is 9.88 Å². The molecule has 1 aromatic heterocycles. The van der Waals surface area contributed by atoms with Crippen molar-refractivity contribution >= 4 is 11.3 Å². The molecule has 1 aromatic carbocycles. The predicted octanol–water partition coefficient (Wildman–Crippen LogP) is 3.52. The molecule has 0 spiro atoms. The lowest BCUT2D eigenvalue weighted by Crippen LogP contribution is -2.36. The fourth-order valence-electron chi connectivity index (χ4n) is 3.25. The highest BCUT2D eigenvalue weighted by Gasteiger charge is 2.22. The number of nitrogens with zero attached hydrogens (tertiary/aromatic N) is 2. The summed E-state index contributed by atoms with van der Waals surface area (Å²) in [5.41, 5.74) is 2.58. The first-order valence-corrected chi connectivity index (χ1v) is 9.46. The van der Waals surface area contributed by atoms with Gasteiger partial charge < -0.3 is 5.11 Å². The van der Waals surface area contributed by atoms with Gasteiger partial charge in [0.2, 0.25) is 0 Å². The molecule has 124 valence electrons. The largest absolute Gasteiger partial charge is 0.393 e. The summed E-state index contributed by atoms with van der Waals surface area (Å²) in [5, 5.41) is 13.1. The number of aliphatic hydroxyl groups excluding tert-OH is 1. The van der Waals surface area contributed by atoms with Gasteiger partial charge in [0.25, 0.3) is 0 Å². The van der Waals surface area contributed by atoms with Crippen molar-refractivity contribution in [3.63, 3.8) is 0 Å². The molecule has 0 saturated carbocycles. The Morgan fingerprint density at radius 3 is 2.65 bits per heavy atom. The van der Waals surface area contributed by atoms with Crippen LogP contribution in [0, 0.1) is 5.92 Å². The van der Waals surface area contributed by atoms with Crippen molar-refractivity contribution in [3.8, 4) is 0 Å². The number of likely N-dealkylation sites (tertiary alicyclic amines) is 1. The van der Waals surface area contributed by atoms with Crippen molar-refractivity contribution in [2.45, 2.75) is 45.3 Å². The van der Waals surface area contributed by atoms with Crippen LogP contribution in [0.5, 0.6) is 0 Å². The molecule has 23 heavy (non-hydrogen) atoms. The number of aryl methyl sites for hydroxylation is 2. The number of hydrogen-bond donors (Lipinski definition) is 1. The summed E-state index contributed by atoms with van der Waals surface area (Å²) in [6.45, 7) is 5.02. The molecule has 0 aliphatic carbocycles. The Kier molecular flexibility index (Phi) is 5.81. The van der Waals surface area contributed by atoms with Crippen LogP contribution in [0.2, 0.25) is 0 Å². The van der Waals surface area contributed by atoms with E-state index in [2.05, 4.69) is 40.6 Å². The molecule has 1 N–H and O–H groups in total. The first-order valence-electron chi connectivity index (χ1n) is 8.58. The minimum atomic E-state index is -0.166. The molecule has 0 bridgehead atoms. The summed E-state index contributed by atoms with van der Waals surface area (Å²) in [6, 6.07) is 10.6. The zero-order chi connectivity index (χ0) is 16.1. The number of piperidine rings is 1. The third-order valence-electron chi connectivity index (χ3n) is 4.77. The van der Waals surface area contributed by atoms with E-state index in [0.717, 1.165) is 45.3 Å². The van der Waals surface area contributed by atoms with Crippen LogP contribution in [-0.4, -0.2) is 34.2 Å². The lowest BCUT2D eigenvalue weighted by atomic mass is 9.92. The third kappa shape index (κ3) is 4.87. The van der Waals surface area contributed by atoms with Gasteiger partial charge in [-0.15, -0.1) is 11.3 Å². The Morgan fingerprint density at radius 1 is 1.22 bits per heavy atom. The zero-order valence-electron chi connectivity index (χ0n) is 13.8. The van der Waals surface area contributed by atoms with E-state index < -0.39 is 0 Å². The summed E-state index contributed by atoms with van der Waals surface area (Å²) in [5.74, 6) is 0.475. The van der Waals surface area contributed by atoms with Gasteiger partial charge in [0.15, 0.2) is 0 Å². The van der Waals surface area contributed by atoms with Crippen LogP contribution in [0.15, 0.2) is 35.7 Å². The molecule has 2 aromatic rings. The Morgan fingerprint density at radius 2 is 1.96 bits per heavy atom. The summed E-state index contributed by atoms with van der Waals surface area (Å²) < 4.78 is 0. The highest BCUT2D eigenvalue weighted by Crippen LogP contribution is 2.22. The number of hydrogen-bond acceptors (Lipinski definition) is 4. The maximum Gasteiger partial charge on any atom is 0.0932 e. The summed E-state index contributed by atoms with van der Waals surface area (Å²) in [7, 11) is 0. The van der Waals surface area contributed by atoms with Crippen LogP contribution < -0.4 is 0 Å². The van der Waals surface area contributed by atoms with Crippen molar-refractivity contribution < 1.29 is 5.11 Å². The minimum absolute atomic E-state index is 0.166. The molecule has 1 aliphatic heterocycles. The second-order valence-corrected chi connectivity index (χ2v) is 7.52. The fourth-order valence-corrected chi connectivity index (χ4v) is 4.04. The third-order valence-corrected chi connectivity index (χ3v) is 5.73. The van der Waals surface area contributed by atoms with Crippen LogP contribution >= 0.6 is 11.3 Å². The van der Waals surface area contributed by atoms with Crippen LogP contribution in [0.3, 0.4) is 0 Å². The van der Waals surface area contributed by atoms with Gasteiger partial charge in [-0.3, -0.25) is 4.90 Å². The van der Waals surface area contributed by atoms with Crippen molar-refractivity contribution in [3.05, 3.63) is 52.0 Å². The summed E-state index contributed by atoms with van der Waals surface area (Å²) in [6.07, 6.45) is 4.12. The molecule has 3 rings (SSSR count). The minimum Gasteiger partial charge on any atom is -0.393 e. The summed E-state index contributed by atoms with van der Waals surface area (Å²) in [4.78, 5) is 7.27. The number of aliphatic hydroxyl groups is 1. The van der Waals surface area contributed by atoms with Crippen LogP contribution in [-0.2, 0) is 19.4 Å². The number of aromatic nitrogens is 1. The predicted molar refractivity (Wildman–Crippen MR) is 95.6 cm³/mol. The van der Waals surface area contributed by atoms with Gasteiger partial charge in [0, 0.05) is 18.3 Å². The molecular weight excluding hydrogens is 304 g/mol. The van der Waals surface area contributed by atoms with Gasteiger partial charge >= 0.3 is 0 Å². The molecule has 0 radical (unpaired) electrons. The van der Waals surface area contributed by atoms with Crippen molar-refractivity contribution in [2.75, 3.05) is 13.1 Å². The average Bonchev–Trinajstić information content (AvgIpc) is 3.02. The smallest absolute Gasteiger partial charge is 0.0932 e. The van der Waals surface area contributed by atoms with Crippen LogP contribution in [0.25, 0.3) is 0 Å². The van der Waals surface area contributed by atoms with E-state index in [1.54, 1.807) is 11.3 Å². The van der Waals surface area contributed by atoms with Gasteiger partial charge in [-0.1, -0.05) is 30.3 Å². The Balaban J connectivity index is 1.46. The van der Waals surface area contributed by atoms with E-state index >= 15 is 0 Å². The van der Waals surface area contributed by atoms with E-state index in [9.17, 15) is 5.11 Å².